The molecule has 57 heavy (non-hydrogen) atoms. The first-order valence-corrected chi connectivity index (χ1v) is 22.6. The number of nitrogens with zero attached hydrogens (tertiary/aromatic N) is 2. The van der Waals surface area contributed by atoms with Crippen LogP contribution in [0.5, 0.6) is 11.5 Å². The van der Waals surface area contributed by atoms with Gasteiger partial charge in [-0.25, -0.2) is 4.79 Å². The molecular weight excluding hydrogens is 765 g/mol. The predicted molar refractivity (Wildman–Crippen MR) is 239 cm³/mol. The van der Waals surface area contributed by atoms with E-state index < -0.39 is 5.97 Å². The summed E-state index contributed by atoms with van der Waals surface area (Å²) in [6.07, 6.45) is 12.6. The van der Waals surface area contributed by atoms with Crippen molar-refractivity contribution >= 4 is 67.9 Å². The Morgan fingerprint density at radius 2 is 1.32 bits per heavy atom. The fourth-order valence-electron chi connectivity index (χ4n) is 7.86. The van der Waals surface area contributed by atoms with Crippen LogP contribution in [0.1, 0.15) is 81.2 Å². The lowest BCUT2D eigenvalue weighted by molar-refractivity contribution is -0.132. The summed E-state index contributed by atoms with van der Waals surface area (Å²) in [5.41, 5.74) is 6.99. The van der Waals surface area contributed by atoms with Crippen LogP contribution in [0.25, 0.3) is 63.5 Å². The molecule has 1 aliphatic rings. The number of ether oxygens (including phenoxy) is 2. The van der Waals surface area contributed by atoms with Gasteiger partial charge in [0.25, 0.3) is 0 Å². The molecule has 0 spiro atoms. The van der Waals surface area contributed by atoms with Gasteiger partial charge in [0, 0.05) is 31.1 Å². The van der Waals surface area contributed by atoms with Crippen molar-refractivity contribution in [2.24, 2.45) is 0 Å². The minimum Gasteiger partial charge on any atom is -0.485 e. The number of aliphatic carboxylic acids is 1. The van der Waals surface area contributed by atoms with Gasteiger partial charge in [-0.05, 0) is 84.8 Å². The first-order chi connectivity index (χ1) is 28.0. The summed E-state index contributed by atoms with van der Waals surface area (Å²) >= 11 is 5.05. The van der Waals surface area contributed by atoms with Crippen LogP contribution in [0, 0.1) is 11.3 Å². The van der Waals surface area contributed by atoms with E-state index in [1.165, 1.54) is 85.8 Å². The summed E-state index contributed by atoms with van der Waals surface area (Å²) in [6.45, 7) is 5.41. The Labute approximate surface area is 346 Å². The molecular formula is C48H46N2O4S3. The van der Waals surface area contributed by atoms with E-state index in [0.29, 0.717) is 13.2 Å². The molecule has 0 atom stereocenters. The zero-order chi connectivity index (χ0) is 39.3. The normalized spacial score (nSPS) is 12.8. The molecule has 5 heterocycles. The average Bonchev–Trinajstić information content (AvgIpc) is 4.02. The van der Waals surface area contributed by atoms with E-state index in [1.54, 1.807) is 11.3 Å². The molecule has 0 saturated carbocycles. The fraction of sp³-hybridized carbons (Fsp3) is 0.292. The van der Waals surface area contributed by atoms with Crippen molar-refractivity contribution in [1.82, 2.24) is 4.57 Å². The Morgan fingerprint density at radius 1 is 0.719 bits per heavy atom. The molecule has 0 saturated heterocycles. The van der Waals surface area contributed by atoms with E-state index in [0.717, 1.165) is 80.8 Å². The van der Waals surface area contributed by atoms with Crippen LogP contribution in [-0.4, -0.2) is 28.9 Å². The molecule has 7 aromatic rings. The Morgan fingerprint density at radius 3 is 1.91 bits per heavy atom. The smallest absolute Gasteiger partial charge is 0.346 e. The summed E-state index contributed by atoms with van der Waals surface area (Å²) in [7, 11) is 0. The van der Waals surface area contributed by atoms with Crippen LogP contribution in [0.4, 0.5) is 0 Å². The number of aromatic nitrogens is 1. The van der Waals surface area contributed by atoms with E-state index in [9.17, 15) is 15.2 Å². The number of carboxylic acid groups (broad SMARTS) is 1. The van der Waals surface area contributed by atoms with Gasteiger partial charge < -0.3 is 19.1 Å². The first kappa shape index (κ1) is 38.7. The summed E-state index contributed by atoms with van der Waals surface area (Å²) in [4.78, 5) is 18.1. The summed E-state index contributed by atoms with van der Waals surface area (Å²) < 4.78 is 15.2. The Kier molecular flexibility index (Phi) is 11.9. The van der Waals surface area contributed by atoms with Gasteiger partial charge in [0.1, 0.15) is 24.9 Å². The van der Waals surface area contributed by atoms with Crippen LogP contribution in [0.15, 0.2) is 90.5 Å². The van der Waals surface area contributed by atoms with E-state index in [2.05, 4.69) is 103 Å². The highest BCUT2D eigenvalue weighted by Crippen LogP contribution is 2.57. The molecule has 8 rings (SSSR count). The van der Waals surface area contributed by atoms with Crippen LogP contribution in [0.3, 0.4) is 0 Å². The van der Waals surface area contributed by atoms with Gasteiger partial charge in [0.05, 0.1) is 25.7 Å². The fourth-order valence-corrected chi connectivity index (χ4v) is 11.7. The molecule has 0 unspecified atom stereocenters. The highest BCUT2D eigenvalue weighted by molar-refractivity contribution is 7.28. The number of aryl methyl sites for hydroxylation is 2. The van der Waals surface area contributed by atoms with Crippen LogP contribution in [0.2, 0.25) is 0 Å². The van der Waals surface area contributed by atoms with Gasteiger partial charge in [0.2, 0.25) is 0 Å². The number of hydrogen-bond donors (Lipinski definition) is 1. The number of benzene rings is 3. The first-order valence-electron chi connectivity index (χ1n) is 20.1. The van der Waals surface area contributed by atoms with Crippen molar-refractivity contribution in [2.75, 3.05) is 13.2 Å². The highest BCUT2D eigenvalue weighted by Gasteiger charge is 2.30. The quantitative estimate of drug-likeness (QED) is 0.0597. The molecule has 0 fully saturated rings. The number of hydrogen-bond acceptors (Lipinski definition) is 7. The predicted octanol–water partition coefficient (Wildman–Crippen LogP) is 14.0. The SMILES string of the molecule is CCCCCCc1cc(-c2sc(-c3sc(C=C(C#N)C(=O)O)cc3CCCCCC)c3c2OCCO3)sc1-c1ccc(-n2c3ccccc3c3ccccc32)cc1. The van der Waals surface area contributed by atoms with Crippen LogP contribution >= 0.6 is 34.0 Å². The lowest BCUT2D eigenvalue weighted by atomic mass is 10.0. The zero-order valence-corrected chi connectivity index (χ0v) is 34.9. The number of rotatable bonds is 16. The third-order valence-corrected chi connectivity index (χ3v) is 14.5. The molecule has 9 heteroatoms. The van der Waals surface area contributed by atoms with Crippen molar-refractivity contribution in [3.05, 3.63) is 107 Å². The molecule has 3 aromatic carbocycles. The van der Waals surface area contributed by atoms with Gasteiger partial charge in [-0.3, -0.25) is 0 Å². The molecule has 1 aliphatic heterocycles. The monoisotopic (exact) mass is 810 g/mol. The van der Waals surface area contributed by atoms with Gasteiger partial charge in [0.15, 0.2) is 11.5 Å². The second-order valence-electron chi connectivity index (χ2n) is 14.6. The lowest BCUT2D eigenvalue weighted by Crippen LogP contribution is -2.14. The van der Waals surface area contributed by atoms with E-state index in [1.807, 2.05) is 17.4 Å². The minimum absolute atomic E-state index is 0.269. The topological polar surface area (TPSA) is 84.5 Å². The van der Waals surface area contributed by atoms with Crippen molar-refractivity contribution in [3.63, 3.8) is 0 Å². The van der Waals surface area contributed by atoms with Gasteiger partial charge in [-0.2, -0.15) is 5.26 Å². The Bertz CT molecular complexity index is 2560. The average molecular weight is 811 g/mol. The van der Waals surface area contributed by atoms with Crippen LogP contribution < -0.4 is 9.47 Å². The highest BCUT2D eigenvalue weighted by atomic mass is 32.1. The zero-order valence-electron chi connectivity index (χ0n) is 32.4. The molecule has 0 radical (unpaired) electrons. The summed E-state index contributed by atoms with van der Waals surface area (Å²) in [5.74, 6) is 0.339. The second kappa shape index (κ2) is 17.6. The molecule has 1 N–H and O–H groups in total. The van der Waals surface area contributed by atoms with Gasteiger partial charge in [-0.1, -0.05) is 101 Å². The third kappa shape index (κ3) is 7.91. The van der Waals surface area contributed by atoms with E-state index in [4.69, 9.17) is 9.47 Å². The lowest BCUT2D eigenvalue weighted by Gasteiger charge is -2.17. The maximum absolute atomic E-state index is 11.8. The van der Waals surface area contributed by atoms with Crippen molar-refractivity contribution in [3.8, 4) is 53.2 Å². The van der Waals surface area contributed by atoms with Gasteiger partial charge >= 0.3 is 5.97 Å². The number of fused-ring (bicyclic) bond motifs is 4. The third-order valence-electron chi connectivity index (χ3n) is 10.7. The maximum Gasteiger partial charge on any atom is 0.346 e. The second-order valence-corrected chi connectivity index (χ2v) is 17.8. The number of nitriles is 1. The molecule has 290 valence electrons. The summed E-state index contributed by atoms with van der Waals surface area (Å²) in [5, 5.41) is 21.7. The molecule has 6 nitrogen and oxygen atoms in total. The van der Waals surface area contributed by atoms with Crippen molar-refractivity contribution < 1.29 is 19.4 Å². The number of carboxylic acids is 1. The minimum atomic E-state index is -1.22. The Hall–Kier alpha value is -5.14. The maximum atomic E-state index is 11.8. The molecule has 4 aromatic heterocycles. The Balaban J connectivity index is 1.20. The van der Waals surface area contributed by atoms with Crippen molar-refractivity contribution in [2.45, 2.75) is 78.1 Å². The van der Waals surface area contributed by atoms with Crippen molar-refractivity contribution in [1.29, 1.82) is 5.26 Å². The van der Waals surface area contributed by atoms with Crippen LogP contribution in [-0.2, 0) is 17.6 Å². The summed E-state index contributed by atoms with van der Waals surface area (Å²) in [6, 6.07) is 32.6. The van der Waals surface area contributed by atoms with Gasteiger partial charge in [-0.15, -0.1) is 34.0 Å². The van der Waals surface area contributed by atoms with E-state index in [-0.39, 0.29) is 5.57 Å². The molecule has 0 aliphatic carbocycles. The number of para-hydroxylation sites is 2. The number of thiophene rings is 3. The standard InChI is InChI=1S/C48H46N2O4S3/c1-3-5-7-9-15-32-27-36(28-34(30-49)48(51)52)55-45(32)47-43-42(53-25-26-54-43)46(57-47)41-29-33(16-10-8-6-4-2)44(56-41)31-21-23-35(24-22-31)50-39-19-13-11-17-37(39)38-18-12-14-20-40(38)50/h11-14,17-24,27-29H,3-10,15-16,25-26H2,1-2H3,(H,51,52). The molecule has 0 bridgehead atoms. The molecule has 0 amide bonds. The van der Waals surface area contributed by atoms with E-state index >= 15 is 0 Å². The number of carbonyl (C=O) groups is 1. The largest absolute Gasteiger partial charge is 0.485 e. The number of unbranched alkanes of at least 4 members (excludes halogenated alkanes) is 6.